The number of rotatable bonds is 10. The third kappa shape index (κ3) is 7.78. The summed E-state index contributed by atoms with van der Waals surface area (Å²) < 4.78 is 40.8. The number of amides is 2. The van der Waals surface area contributed by atoms with E-state index in [1.807, 2.05) is 46.8 Å². The monoisotopic (exact) mass is 519 g/mol. The fraction of sp³-hybridized carbons (Fsp3) is 0.481. The van der Waals surface area contributed by atoms with Crippen molar-refractivity contribution < 1.29 is 22.4 Å². The molecule has 198 valence electrons. The number of sulfonamides is 1. The molecule has 0 aliphatic carbocycles. The standard InChI is InChI=1S/C27H38FN3O4S/c1-8-19(2)29-26(33)20(3)30(17-21-11-9-10-12-24(21)28)25(32)18-31(36(7,34)35)23-15-13-22(14-16-23)27(4,5)6/h9-16,19-20H,8,17-18H2,1-7H3,(H,29,33)/t19-,20+/m1/s1. The van der Waals surface area contributed by atoms with Crippen LogP contribution in [0.3, 0.4) is 0 Å². The molecule has 0 unspecified atom stereocenters. The topological polar surface area (TPSA) is 86.8 Å². The average molecular weight is 520 g/mol. The number of anilines is 1. The number of hydrogen-bond acceptors (Lipinski definition) is 4. The van der Waals surface area contributed by atoms with E-state index in [0.717, 1.165) is 16.1 Å². The molecule has 36 heavy (non-hydrogen) atoms. The molecule has 2 aromatic carbocycles. The van der Waals surface area contributed by atoms with E-state index in [1.165, 1.54) is 23.1 Å². The Hall–Kier alpha value is -2.94. The molecule has 0 aliphatic rings. The Morgan fingerprint density at radius 2 is 1.61 bits per heavy atom. The molecule has 2 rings (SSSR count). The Kier molecular flexibility index (Phi) is 9.65. The second-order valence-electron chi connectivity index (χ2n) is 10.2. The maximum absolute atomic E-state index is 14.4. The number of halogens is 1. The molecule has 0 saturated heterocycles. The first kappa shape index (κ1) is 29.3. The quantitative estimate of drug-likeness (QED) is 0.509. The van der Waals surface area contributed by atoms with Crippen LogP contribution in [0.2, 0.25) is 0 Å². The van der Waals surface area contributed by atoms with Crippen LogP contribution in [-0.4, -0.2) is 50.0 Å². The molecular weight excluding hydrogens is 481 g/mol. The molecule has 0 heterocycles. The van der Waals surface area contributed by atoms with E-state index >= 15 is 0 Å². The first-order valence-corrected chi connectivity index (χ1v) is 13.9. The van der Waals surface area contributed by atoms with E-state index < -0.39 is 40.2 Å². The van der Waals surface area contributed by atoms with Gasteiger partial charge < -0.3 is 10.2 Å². The first-order chi connectivity index (χ1) is 16.6. The van der Waals surface area contributed by atoms with Gasteiger partial charge in [-0.1, -0.05) is 58.0 Å². The summed E-state index contributed by atoms with van der Waals surface area (Å²) in [6.45, 7) is 10.8. The van der Waals surface area contributed by atoms with Crippen molar-refractivity contribution in [2.24, 2.45) is 0 Å². The summed E-state index contributed by atoms with van der Waals surface area (Å²) in [5, 5.41) is 2.84. The van der Waals surface area contributed by atoms with E-state index in [4.69, 9.17) is 0 Å². The highest BCUT2D eigenvalue weighted by Crippen LogP contribution is 2.26. The fourth-order valence-electron chi connectivity index (χ4n) is 3.60. The molecule has 2 atom stereocenters. The van der Waals surface area contributed by atoms with Crippen molar-refractivity contribution >= 4 is 27.5 Å². The summed E-state index contributed by atoms with van der Waals surface area (Å²) in [4.78, 5) is 27.6. The maximum atomic E-state index is 14.4. The predicted molar refractivity (Wildman–Crippen MR) is 142 cm³/mol. The van der Waals surface area contributed by atoms with Gasteiger partial charge in [-0.25, -0.2) is 12.8 Å². The number of carbonyl (C=O) groups is 2. The Morgan fingerprint density at radius 1 is 1.03 bits per heavy atom. The maximum Gasteiger partial charge on any atom is 0.244 e. The van der Waals surface area contributed by atoms with E-state index in [2.05, 4.69) is 5.32 Å². The Bertz CT molecular complexity index is 1160. The molecule has 7 nitrogen and oxygen atoms in total. The normalized spacial score (nSPS) is 13.6. The lowest BCUT2D eigenvalue weighted by molar-refractivity contribution is -0.139. The van der Waals surface area contributed by atoms with E-state index in [9.17, 15) is 22.4 Å². The number of benzene rings is 2. The molecule has 2 amide bonds. The Balaban J connectivity index is 2.41. The minimum absolute atomic E-state index is 0.112. The predicted octanol–water partition coefficient (Wildman–Crippen LogP) is 4.22. The van der Waals surface area contributed by atoms with Crippen molar-refractivity contribution in [3.05, 3.63) is 65.5 Å². The summed E-state index contributed by atoms with van der Waals surface area (Å²) in [6.07, 6.45) is 1.73. The van der Waals surface area contributed by atoms with Crippen LogP contribution in [0.5, 0.6) is 0 Å². The summed E-state index contributed by atoms with van der Waals surface area (Å²) >= 11 is 0. The summed E-state index contributed by atoms with van der Waals surface area (Å²) in [7, 11) is -3.83. The van der Waals surface area contributed by atoms with Crippen LogP contribution in [0.15, 0.2) is 48.5 Å². The van der Waals surface area contributed by atoms with Crippen LogP contribution in [0.1, 0.15) is 59.1 Å². The second-order valence-corrected chi connectivity index (χ2v) is 12.1. The lowest BCUT2D eigenvalue weighted by Crippen LogP contribution is -2.52. The van der Waals surface area contributed by atoms with Crippen LogP contribution in [0.4, 0.5) is 10.1 Å². The van der Waals surface area contributed by atoms with Crippen LogP contribution in [-0.2, 0) is 31.6 Å². The second kappa shape index (κ2) is 11.9. The third-order valence-corrected chi connectivity index (χ3v) is 7.31. The van der Waals surface area contributed by atoms with E-state index in [-0.39, 0.29) is 23.6 Å². The van der Waals surface area contributed by atoms with Gasteiger partial charge in [0.15, 0.2) is 0 Å². The molecule has 2 aromatic rings. The lowest BCUT2D eigenvalue weighted by Gasteiger charge is -2.32. The van der Waals surface area contributed by atoms with Crippen LogP contribution < -0.4 is 9.62 Å². The lowest BCUT2D eigenvalue weighted by atomic mass is 9.87. The molecule has 1 N–H and O–H groups in total. The highest BCUT2D eigenvalue weighted by atomic mass is 32.2. The van der Waals surface area contributed by atoms with Crippen molar-refractivity contribution in [2.75, 3.05) is 17.1 Å². The molecular formula is C27H38FN3O4S. The number of nitrogens with zero attached hydrogens (tertiary/aromatic N) is 2. The molecule has 0 aromatic heterocycles. The van der Waals surface area contributed by atoms with E-state index in [0.29, 0.717) is 12.1 Å². The van der Waals surface area contributed by atoms with Gasteiger partial charge in [-0.3, -0.25) is 13.9 Å². The molecule has 9 heteroatoms. The van der Waals surface area contributed by atoms with Crippen LogP contribution >= 0.6 is 0 Å². The van der Waals surface area contributed by atoms with Gasteiger partial charge in [0.2, 0.25) is 21.8 Å². The zero-order valence-electron chi connectivity index (χ0n) is 22.2. The molecule has 0 aliphatic heterocycles. The highest BCUT2D eigenvalue weighted by molar-refractivity contribution is 7.92. The summed E-state index contributed by atoms with van der Waals surface area (Å²) in [6, 6.07) is 11.9. The van der Waals surface area contributed by atoms with Crippen molar-refractivity contribution in [1.29, 1.82) is 0 Å². The molecule has 0 bridgehead atoms. The fourth-order valence-corrected chi connectivity index (χ4v) is 4.45. The minimum Gasteiger partial charge on any atom is -0.352 e. The molecule has 0 saturated carbocycles. The van der Waals surface area contributed by atoms with Crippen molar-refractivity contribution in [1.82, 2.24) is 10.2 Å². The largest absolute Gasteiger partial charge is 0.352 e. The van der Waals surface area contributed by atoms with Crippen molar-refractivity contribution in [2.45, 2.75) is 72.0 Å². The van der Waals surface area contributed by atoms with Gasteiger partial charge in [-0.2, -0.15) is 0 Å². The van der Waals surface area contributed by atoms with Gasteiger partial charge in [-0.05, 0) is 49.4 Å². The third-order valence-electron chi connectivity index (χ3n) is 6.17. The van der Waals surface area contributed by atoms with Crippen molar-refractivity contribution in [3.8, 4) is 0 Å². The Labute approximate surface area is 214 Å². The minimum atomic E-state index is -3.83. The summed E-state index contributed by atoms with van der Waals surface area (Å²) in [5.74, 6) is -1.52. The van der Waals surface area contributed by atoms with Gasteiger partial charge in [0, 0.05) is 18.2 Å². The zero-order valence-corrected chi connectivity index (χ0v) is 23.0. The van der Waals surface area contributed by atoms with Gasteiger partial charge in [0.05, 0.1) is 11.9 Å². The van der Waals surface area contributed by atoms with Gasteiger partial charge in [-0.15, -0.1) is 0 Å². The molecule has 0 radical (unpaired) electrons. The SMILES string of the molecule is CC[C@@H](C)NC(=O)[C@H](C)N(Cc1ccccc1F)C(=O)CN(c1ccc(C(C)(C)C)cc1)S(C)(=O)=O. The van der Waals surface area contributed by atoms with E-state index in [1.54, 1.807) is 25.1 Å². The van der Waals surface area contributed by atoms with Gasteiger partial charge in [0.25, 0.3) is 0 Å². The average Bonchev–Trinajstić information content (AvgIpc) is 2.80. The summed E-state index contributed by atoms with van der Waals surface area (Å²) in [5.41, 5.74) is 1.46. The smallest absolute Gasteiger partial charge is 0.244 e. The Morgan fingerprint density at radius 3 is 2.11 bits per heavy atom. The van der Waals surface area contributed by atoms with Crippen molar-refractivity contribution in [3.63, 3.8) is 0 Å². The molecule has 0 spiro atoms. The highest BCUT2D eigenvalue weighted by Gasteiger charge is 2.31. The van der Waals surface area contributed by atoms with Crippen LogP contribution in [0, 0.1) is 5.82 Å². The van der Waals surface area contributed by atoms with Crippen LogP contribution in [0.25, 0.3) is 0 Å². The number of carbonyl (C=O) groups excluding carboxylic acids is 2. The first-order valence-electron chi connectivity index (χ1n) is 12.1. The number of hydrogen-bond donors (Lipinski definition) is 1. The van der Waals surface area contributed by atoms with Gasteiger partial charge >= 0.3 is 0 Å². The number of nitrogens with one attached hydrogen (secondary N) is 1. The molecule has 0 fully saturated rings. The van der Waals surface area contributed by atoms with Gasteiger partial charge in [0.1, 0.15) is 18.4 Å². The zero-order chi connectivity index (χ0) is 27.3.